The fourth-order valence-corrected chi connectivity index (χ4v) is 1.92. The summed E-state index contributed by atoms with van der Waals surface area (Å²) in [6.45, 7) is 8.52. The Bertz CT molecular complexity index is 337. The molecule has 0 aromatic rings. The predicted molar refractivity (Wildman–Crippen MR) is 73.4 cm³/mol. The van der Waals surface area contributed by atoms with E-state index in [1.165, 1.54) is 4.90 Å². The average Bonchev–Trinajstić information content (AvgIpc) is 2.34. The van der Waals surface area contributed by atoms with Crippen molar-refractivity contribution >= 4 is 11.9 Å². The zero-order valence-electron chi connectivity index (χ0n) is 12.8. The van der Waals surface area contributed by atoms with Gasteiger partial charge in [0.25, 0.3) is 0 Å². The number of rotatable bonds is 5. The number of ether oxygens (including phenoxy) is 3. The molecule has 0 saturated carbocycles. The molecule has 1 fully saturated rings. The Labute approximate surface area is 120 Å². The number of hydrogen-bond acceptors (Lipinski definition) is 5. The van der Waals surface area contributed by atoms with Crippen molar-refractivity contribution in [3.8, 4) is 0 Å². The van der Waals surface area contributed by atoms with E-state index in [-0.39, 0.29) is 25.2 Å². The van der Waals surface area contributed by atoms with Gasteiger partial charge in [0.15, 0.2) is 5.78 Å². The first-order chi connectivity index (χ1) is 9.33. The molecule has 0 aromatic heterocycles. The Morgan fingerprint density at radius 2 is 2.05 bits per heavy atom. The summed E-state index contributed by atoms with van der Waals surface area (Å²) < 4.78 is 15.8. The monoisotopic (exact) mass is 287 g/mol. The van der Waals surface area contributed by atoms with Crippen molar-refractivity contribution in [2.24, 2.45) is 0 Å². The second-order valence-corrected chi connectivity index (χ2v) is 5.82. The topological polar surface area (TPSA) is 65.1 Å². The first kappa shape index (κ1) is 16.9. The summed E-state index contributed by atoms with van der Waals surface area (Å²) in [5.74, 6) is 0.0527. The summed E-state index contributed by atoms with van der Waals surface area (Å²) >= 11 is 0. The highest BCUT2D eigenvalue weighted by Crippen LogP contribution is 2.19. The molecular formula is C14H25NO5. The van der Waals surface area contributed by atoms with Crippen LogP contribution in [0.1, 0.15) is 40.5 Å². The van der Waals surface area contributed by atoms with Gasteiger partial charge >= 0.3 is 6.09 Å². The maximum absolute atomic E-state index is 12.1. The molecule has 0 bridgehead atoms. The van der Waals surface area contributed by atoms with E-state index in [0.717, 1.165) is 0 Å². The van der Waals surface area contributed by atoms with Gasteiger partial charge < -0.3 is 14.2 Å². The van der Waals surface area contributed by atoms with Gasteiger partial charge in [0.1, 0.15) is 12.4 Å². The number of carbonyl (C=O) groups is 2. The molecule has 1 aliphatic rings. The Morgan fingerprint density at radius 1 is 1.35 bits per heavy atom. The van der Waals surface area contributed by atoms with Gasteiger partial charge in [0, 0.05) is 13.0 Å². The van der Waals surface area contributed by atoms with Crippen LogP contribution in [0.2, 0.25) is 0 Å². The van der Waals surface area contributed by atoms with Crippen LogP contribution in [-0.4, -0.2) is 55.0 Å². The number of amides is 1. The molecule has 1 saturated heterocycles. The normalized spacial score (nSPS) is 20.1. The van der Waals surface area contributed by atoms with E-state index in [1.54, 1.807) is 20.8 Å². The summed E-state index contributed by atoms with van der Waals surface area (Å²) in [6, 6.07) is -0.136. The van der Waals surface area contributed by atoms with Crippen LogP contribution < -0.4 is 0 Å². The van der Waals surface area contributed by atoms with Crippen molar-refractivity contribution in [2.45, 2.75) is 52.2 Å². The largest absolute Gasteiger partial charge is 0.444 e. The van der Waals surface area contributed by atoms with Gasteiger partial charge in [-0.05, 0) is 34.1 Å². The third kappa shape index (κ3) is 5.88. The molecule has 0 aromatic carbocycles. The standard InChI is InChI=1S/C14H25NO5/c1-5-18-10-19-9-11-6-7-12(16)8-15(11)13(17)20-14(2,3)4/h11H,5-10H2,1-4H3/t11-/m0/s1. The molecule has 1 amide bonds. The molecule has 6 heteroatoms. The summed E-state index contributed by atoms with van der Waals surface area (Å²) in [5.41, 5.74) is -0.575. The number of piperidine rings is 1. The van der Waals surface area contributed by atoms with Crippen LogP contribution >= 0.6 is 0 Å². The first-order valence-electron chi connectivity index (χ1n) is 7.00. The molecule has 20 heavy (non-hydrogen) atoms. The van der Waals surface area contributed by atoms with Gasteiger partial charge in [-0.1, -0.05) is 0 Å². The van der Waals surface area contributed by atoms with Crippen LogP contribution in [0.4, 0.5) is 4.79 Å². The van der Waals surface area contributed by atoms with Gasteiger partial charge in [0.05, 0.1) is 19.2 Å². The Morgan fingerprint density at radius 3 is 2.65 bits per heavy atom. The fourth-order valence-electron chi connectivity index (χ4n) is 1.92. The molecular weight excluding hydrogens is 262 g/mol. The lowest BCUT2D eigenvalue weighted by Crippen LogP contribution is -2.51. The lowest BCUT2D eigenvalue weighted by atomic mass is 10.0. The van der Waals surface area contributed by atoms with E-state index in [4.69, 9.17) is 14.2 Å². The van der Waals surface area contributed by atoms with Crippen LogP contribution in [0, 0.1) is 0 Å². The quantitative estimate of drug-likeness (QED) is 0.571. The number of ketones is 1. The zero-order chi connectivity index (χ0) is 15.2. The van der Waals surface area contributed by atoms with Gasteiger partial charge in [0.2, 0.25) is 0 Å². The Balaban J connectivity index is 2.56. The van der Waals surface area contributed by atoms with Crippen molar-refractivity contribution in [2.75, 3.05) is 26.6 Å². The molecule has 1 atom stereocenters. The fraction of sp³-hybridized carbons (Fsp3) is 0.857. The van der Waals surface area contributed by atoms with Gasteiger partial charge in [-0.2, -0.15) is 0 Å². The minimum Gasteiger partial charge on any atom is -0.444 e. The van der Waals surface area contributed by atoms with E-state index in [1.807, 2.05) is 6.92 Å². The van der Waals surface area contributed by atoms with Crippen LogP contribution in [0.25, 0.3) is 0 Å². The van der Waals surface area contributed by atoms with Crippen LogP contribution in [0.3, 0.4) is 0 Å². The molecule has 0 N–H and O–H groups in total. The van der Waals surface area contributed by atoms with E-state index in [0.29, 0.717) is 26.1 Å². The second-order valence-electron chi connectivity index (χ2n) is 5.82. The van der Waals surface area contributed by atoms with Crippen molar-refractivity contribution < 1.29 is 23.8 Å². The summed E-state index contributed by atoms with van der Waals surface area (Å²) in [6.07, 6.45) is 0.613. The highest BCUT2D eigenvalue weighted by atomic mass is 16.7. The number of Topliss-reactive ketones (excluding diaryl/α,β-unsaturated/α-hetero) is 1. The maximum atomic E-state index is 12.1. The summed E-state index contributed by atoms with van der Waals surface area (Å²) in [4.78, 5) is 25.1. The lowest BCUT2D eigenvalue weighted by Gasteiger charge is -2.35. The molecule has 0 spiro atoms. The second kappa shape index (κ2) is 7.59. The minimum atomic E-state index is -0.575. The van der Waals surface area contributed by atoms with Crippen molar-refractivity contribution in [1.82, 2.24) is 4.90 Å². The van der Waals surface area contributed by atoms with Crippen molar-refractivity contribution in [3.63, 3.8) is 0 Å². The smallest absolute Gasteiger partial charge is 0.411 e. The number of likely N-dealkylation sites (tertiary alicyclic amines) is 1. The number of nitrogens with zero attached hydrogens (tertiary/aromatic N) is 1. The van der Waals surface area contributed by atoms with Crippen molar-refractivity contribution in [1.29, 1.82) is 0 Å². The molecule has 0 radical (unpaired) electrons. The Kier molecular flexibility index (Phi) is 6.42. The third-order valence-electron chi connectivity index (χ3n) is 2.85. The van der Waals surface area contributed by atoms with Gasteiger partial charge in [-0.25, -0.2) is 4.79 Å². The molecule has 6 nitrogen and oxygen atoms in total. The molecule has 1 rings (SSSR count). The SMILES string of the molecule is CCOCOC[C@@H]1CCC(=O)CN1C(=O)OC(C)(C)C. The minimum absolute atomic E-state index is 0.0527. The van der Waals surface area contributed by atoms with Crippen molar-refractivity contribution in [3.05, 3.63) is 0 Å². The Hall–Kier alpha value is -1.14. The third-order valence-corrected chi connectivity index (χ3v) is 2.85. The number of hydrogen-bond donors (Lipinski definition) is 0. The average molecular weight is 287 g/mol. The first-order valence-corrected chi connectivity index (χ1v) is 7.00. The van der Waals surface area contributed by atoms with Gasteiger partial charge in [-0.3, -0.25) is 9.69 Å². The van der Waals surface area contributed by atoms with E-state index < -0.39 is 11.7 Å². The zero-order valence-corrected chi connectivity index (χ0v) is 12.8. The maximum Gasteiger partial charge on any atom is 0.411 e. The lowest BCUT2D eigenvalue weighted by molar-refractivity contribution is -0.125. The molecule has 1 aliphatic heterocycles. The van der Waals surface area contributed by atoms with E-state index in [2.05, 4.69) is 0 Å². The highest BCUT2D eigenvalue weighted by Gasteiger charge is 2.33. The molecule has 116 valence electrons. The van der Waals surface area contributed by atoms with Crippen LogP contribution in [0.15, 0.2) is 0 Å². The van der Waals surface area contributed by atoms with E-state index in [9.17, 15) is 9.59 Å². The van der Waals surface area contributed by atoms with Crippen LogP contribution in [0.5, 0.6) is 0 Å². The molecule has 0 aliphatic carbocycles. The highest BCUT2D eigenvalue weighted by molar-refractivity contribution is 5.85. The van der Waals surface area contributed by atoms with Gasteiger partial charge in [-0.15, -0.1) is 0 Å². The molecule has 1 heterocycles. The molecule has 0 unspecified atom stereocenters. The van der Waals surface area contributed by atoms with Crippen LogP contribution in [-0.2, 0) is 19.0 Å². The summed E-state index contributed by atoms with van der Waals surface area (Å²) in [7, 11) is 0. The predicted octanol–water partition coefficient (Wildman–Crippen LogP) is 1.97. The number of carbonyl (C=O) groups excluding carboxylic acids is 2. The van der Waals surface area contributed by atoms with E-state index >= 15 is 0 Å². The summed E-state index contributed by atoms with van der Waals surface area (Å²) in [5, 5.41) is 0.